The molecule has 126 valence electrons. The summed E-state index contributed by atoms with van der Waals surface area (Å²) in [6.45, 7) is 1.95. The Kier molecular flexibility index (Phi) is 5.26. The van der Waals surface area contributed by atoms with Gasteiger partial charge in [0.1, 0.15) is 0 Å². The highest BCUT2D eigenvalue weighted by molar-refractivity contribution is 7.12. The molecule has 0 saturated carbocycles. The summed E-state index contributed by atoms with van der Waals surface area (Å²) in [5.74, 6) is -0.294. The highest BCUT2D eigenvalue weighted by atomic mass is 32.1. The first-order valence-electron chi connectivity index (χ1n) is 7.94. The fraction of sp³-hybridized carbons (Fsp3) is 0.100. The quantitative estimate of drug-likeness (QED) is 0.712. The molecule has 0 aliphatic rings. The molecule has 2 aromatic carbocycles. The summed E-state index contributed by atoms with van der Waals surface area (Å²) < 4.78 is 0. The number of carbonyl (C=O) groups is 2. The third-order valence-corrected chi connectivity index (χ3v) is 4.67. The number of rotatable bonds is 5. The molecule has 5 heteroatoms. The minimum atomic E-state index is -0.148. The van der Waals surface area contributed by atoms with Gasteiger partial charge in [-0.1, -0.05) is 36.4 Å². The van der Waals surface area contributed by atoms with Crippen LogP contribution in [0.2, 0.25) is 0 Å². The SMILES string of the molecule is C[C@@H](NC(=O)c1ccc(NC(=O)c2cccs2)cc1)c1ccccc1. The Balaban J connectivity index is 1.61. The van der Waals surface area contributed by atoms with Gasteiger partial charge in [-0.3, -0.25) is 9.59 Å². The van der Waals surface area contributed by atoms with Crippen molar-refractivity contribution in [2.24, 2.45) is 0 Å². The second-order valence-electron chi connectivity index (χ2n) is 5.61. The maximum absolute atomic E-state index is 12.4. The highest BCUT2D eigenvalue weighted by Crippen LogP contribution is 2.16. The average Bonchev–Trinajstić information content (AvgIpc) is 3.18. The van der Waals surface area contributed by atoms with Gasteiger partial charge in [-0.05, 0) is 48.2 Å². The lowest BCUT2D eigenvalue weighted by Gasteiger charge is -2.14. The van der Waals surface area contributed by atoms with E-state index in [9.17, 15) is 9.59 Å². The molecule has 1 atom stereocenters. The van der Waals surface area contributed by atoms with E-state index in [0.29, 0.717) is 16.1 Å². The van der Waals surface area contributed by atoms with Crippen molar-refractivity contribution in [3.63, 3.8) is 0 Å². The van der Waals surface area contributed by atoms with Crippen molar-refractivity contribution < 1.29 is 9.59 Å². The van der Waals surface area contributed by atoms with Crippen LogP contribution < -0.4 is 10.6 Å². The Labute approximate surface area is 150 Å². The number of benzene rings is 2. The average molecular weight is 350 g/mol. The molecular formula is C20H18N2O2S. The summed E-state index contributed by atoms with van der Waals surface area (Å²) in [4.78, 5) is 25.0. The Hall–Kier alpha value is -2.92. The van der Waals surface area contributed by atoms with Crippen LogP contribution >= 0.6 is 11.3 Å². The predicted molar refractivity (Wildman–Crippen MR) is 101 cm³/mol. The fourth-order valence-corrected chi connectivity index (χ4v) is 3.03. The van der Waals surface area contributed by atoms with Crippen LogP contribution in [-0.2, 0) is 0 Å². The zero-order valence-corrected chi connectivity index (χ0v) is 14.5. The predicted octanol–water partition coefficient (Wildman–Crippen LogP) is 4.49. The largest absolute Gasteiger partial charge is 0.346 e. The molecule has 0 bridgehead atoms. The van der Waals surface area contributed by atoms with Crippen molar-refractivity contribution in [3.05, 3.63) is 88.1 Å². The van der Waals surface area contributed by atoms with Gasteiger partial charge in [-0.25, -0.2) is 0 Å². The first-order chi connectivity index (χ1) is 12.1. The molecule has 0 radical (unpaired) electrons. The molecule has 1 heterocycles. The van der Waals surface area contributed by atoms with E-state index < -0.39 is 0 Å². The molecule has 0 fully saturated rings. The standard InChI is InChI=1S/C20H18N2O2S/c1-14(15-6-3-2-4-7-15)21-19(23)16-9-11-17(12-10-16)22-20(24)18-8-5-13-25-18/h2-14H,1H3,(H,21,23)(H,22,24)/t14-/m1/s1. The second kappa shape index (κ2) is 7.77. The van der Waals surface area contributed by atoms with Crippen LogP contribution in [0.4, 0.5) is 5.69 Å². The van der Waals surface area contributed by atoms with Gasteiger partial charge in [0, 0.05) is 11.3 Å². The van der Waals surface area contributed by atoms with Crippen molar-refractivity contribution in [2.45, 2.75) is 13.0 Å². The second-order valence-corrected chi connectivity index (χ2v) is 6.56. The van der Waals surface area contributed by atoms with Gasteiger partial charge in [-0.2, -0.15) is 0 Å². The maximum Gasteiger partial charge on any atom is 0.265 e. The van der Waals surface area contributed by atoms with E-state index in [1.807, 2.05) is 48.7 Å². The Morgan fingerprint density at radius 3 is 2.24 bits per heavy atom. The van der Waals surface area contributed by atoms with Crippen LogP contribution in [-0.4, -0.2) is 11.8 Å². The lowest BCUT2D eigenvalue weighted by Crippen LogP contribution is -2.26. The lowest BCUT2D eigenvalue weighted by molar-refractivity contribution is 0.0939. The van der Waals surface area contributed by atoms with Crippen LogP contribution in [0.3, 0.4) is 0 Å². The van der Waals surface area contributed by atoms with E-state index in [4.69, 9.17) is 0 Å². The molecule has 0 aliphatic heterocycles. The van der Waals surface area contributed by atoms with Crippen molar-refractivity contribution in [1.29, 1.82) is 0 Å². The van der Waals surface area contributed by atoms with Crippen molar-refractivity contribution in [2.75, 3.05) is 5.32 Å². The van der Waals surface area contributed by atoms with Gasteiger partial charge in [0.2, 0.25) is 0 Å². The molecule has 3 rings (SSSR count). The van der Waals surface area contributed by atoms with Crippen molar-refractivity contribution >= 4 is 28.8 Å². The molecule has 0 spiro atoms. The monoisotopic (exact) mass is 350 g/mol. The van der Waals surface area contributed by atoms with E-state index in [1.54, 1.807) is 30.3 Å². The third-order valence-electron chi connectivity index (χ3n) is 3.80. The zero-order chi connectivity index (χ0) is 17.6. The summed E-state index contributed by atoms with van der Waals surface area (Å²) in [7, 11) is 0. The summed E-state index contributed by atoms with van der Waals surface area (Å²) in [5.41, 5.74) is 2.26. The molecule has 2 amide bonds. The molecule has 1 aromatic heterocycles. The first kappa shape index (κ1) is 16.9. The number of anilines is 1. The van der Waals surface area contributed by atoms with E-state index in [0.717, 1.165) is 5.56 Å². The summed E-state index contributed by atoms with van der Waals surface area (Å²) in [6.07, 6.45) is 0. The first-order valence-corrected chi connectivity index (χ1v) is 8.82. The maximum atomic E-state index is 12.4. The number of hydrogen-bond acceptors (Lipinski definition) is 3. The molecule has 25 heavy (non-hydrogen) atoms. The number of thiophene rings is 1. The molecule has 2 N–H and O–H groups in total. The van der Waals surface area contributed by atoms with Crippen molar-refractivity contribution in [3.8, 4) is 0 Å². The summed E-state index contributed by atoms with van der Waals surface area (Å²) in [5, 5.41) is 7.64. The molecular weight excluding hydrogens is 332 g/mol. The van der Waals surface area contributed by atoms with Crippen molar-refractivity contribution in [1.82, 2.24) is 5.32 Å². The van der Waals surface area contributed by atoms with E-state index in [-0.39, 0.29) is 17.9 Å². The van der Waals surface area contributed by atoms with E-state index in [1.165, 1.54) is 11.3 Å². The van der Waals surface area contributed by atoms with Crippen LogP contribution in [0.25, 0.3) is 0 Å². The van der Waals surface area contributed by atoms with Crippen LogP contribution in [0.5, 0.6) is 0 Å². The van der Waals surface area contributed by atoms with Crippen LogP contribution in [0.1, 0.15) is 38.6 Å². The topological polar surface area (TPSA) is 58.2 Å². The minimum Gasteiger partial charge on any atom is -0.346 e. The lowest BCUT2D eigenvalue weighted by atomic mass is 10.1. The summed E-state index contributed by atoms with van der Waals surface area (Å²) >= 11 is 1.39. The highest BCUT2D eigenvalue weighted by Gasteiger charge is 2.12. The molecule has 0 saturated heterocycles. The van der Waals surface area contributed by atoms with Gasteiger partial charge in [0.15, 0.2) is 0 Å². The summed E-state index contributed by atoms with van der Waals surface area (Å²) in [6, 6.07) is 20.2. The number of nitrogens with one attached hydrogen (secondary N) is 2. The molecule has 3 aromatic rings. The van der Waals surface area contributed by atoms with E-state index >= 15 is 0 Å². The van der Waals surface area contributed by atoms with Crippen LogP contribution in [0.15, 0.2) is 72.1 Å². The third kappa shape index (κ3) is 4.33. The Morgan fingerprint density at radius 1 is 0.880 bits per heavy atom. The Bertz CT molecular complexity index is 843. The zero-order valence-electron chi connectivity index (χ0n) is 13.7. The van der Waals surface area contributed by atoms with Gasteiger partial charge in [0.05, 0.1) is 10.9 Å². The van der Waals surface area contributed by atoms with Gasteiger partial charge in [-0.15, -0.1) is 11.3 Å². The molecule has 4 nitrogen and oxygen atoms in total. The molecule has 0 aliphatic carbocycles. The number of hydrogen-bond donors (Lipinski definition) is 2. The normalized spacial score (nSPS) is 11.6. The van der Waals surface area contributed by atoms with Gasteiger partial charge in [0.25, 0.3) is 11.8 Å². The number of carbonyl (C=O) groups excluding carboxylic acids is 2. The van der Waals surface area contributed by atoms with Gasteiger partial charge >= 0.3 is 0 Å². The van der Waals surface area contributed by atoms with Gasteiger partial charge < -0.3 is 10.6 Å². The fourth-order valence-electron chi connectivity index (χ4n) is 2.41. The van der Waals surface area contributed by atoms with E-state index in [2.05, 4.69) is 10.6 Å². The minimum absolute atomic E-state index is 0.0769. The molecule has 0 unspecified atom stereocenters. The Morgan fingerprint density at radius 2 is 1.60 bits per heavy atom. The smallest absolute Gasteiger partial charge is 0.265 e. The van der Waals surface area contributed by atoms with Crippen LogP contribution in [0, 0.1) is 0 Å². The number of amides is 2.